The van der Waals surface area contributed by atoms with Gasteiger partial charge in [0.2, 0.25) is 5.91 Å². The Morgan fingerprint density at radius 3 is 2.60 bits per heavy atom. The van der Waals surface area contributed by atoms with Gasteiger partial charge >= 0.3 is 0 Å². The molecule has 5 nitrogen and oxygen atoms in total. The summed E-state index contributed by atoms with van der Waals surface area (Å²) in [5.74, 6) is -0.112. The fourth-order valence-electron chi connectivity index (χ4n) is 1.69. The van der Waals surface area contributed by atoms with Gasteiger partial charge in [0, 0.05) is 26.5 Å². The third kappa shape index (κ3) is 5.88. The van der Waals surface area contributed by atoms with Gasteiger partial charge in [0.1, 0.15) is 0 Å². The summed E-state index contributed by atoms with van der Waals surface area (Å²) in [4.78, 5) is 11.8. The summed E-state index contributed by atoms with van der Waals surface area (Å²) in [6.07, 6.45) is -0.00875. The Hall–Kier alpha value is -1.14. The van der Waals surface area contributed by atoms with E-state index in [9.17, 15) is 4.79 Å². The fourth-order valence-corrected chi connectivity index (χ4v) is 1.69. The molecule has 1 aromatic carbocycles. The molecule has 20 heavy (non-hydrogen) atoms. The van der Waals surface area contributed by atoms with Crippen LogP contribution in [-0.2, 0) is 14.3 Å². The van der Waals surface area contributed by atoms with Crippen molar-refractivity contribution in [2.45, 2.75) is 25.6 Å². The molecular weight excluding hydrogens is 280 g/mol. The third-order valence-electron chi connectivity index (χ3n) is 3.00. The van der Waals surface area contributed by atoms with Crippen LogP contribution < -0.4 is 11.1 Å². The minimum Gasteiger partial charge on any atom is -0.380 e. The minimum atomic E-state index is -0.249. The lowest BCUT2D eigenvalue weighted by molar-refractivity contribution is -0.118. The van der Waals surface area contributed by atoms with Crippen LogP contribution in [0.15, 0.2) is 24.3 Å². The molecule has 0 aromatic heterocycles. The zero-order chi connectivity index (χ0) is 14.3. The third-order valence-corrected chi connectivity index (χ3v) is 3.00. The number of carbonyl (C=O) groups excluding carboxylic acids is 1. The fraction of sp³-hybridized carbons (Fsp3) is 0.500. The Bertz CT molecular complexity index is 411. The Morgan fingerprint density at radius 1 is 1.35 bits per heavy atom. The van der Waals surface area contributed by atoms with Crippen LogP contribution in [0.2, 0.25) is 0 Å². The van der Waals surface area contributed by atoms with Crippen molar-refractivity contribution in [3.63, 3.8) is 0 Å². The maximum Gasteiger partial charge on any atom is 0.227 e. The molecule has 2 unspecified atom stereocenters. The number of halogens is 1. The second kappa shape index (κ2) is 9.72. The minimum absolute atomic E-state index is 0. The van der Waals surface area contributed by atoms with Crippen LogP contribution in [0.5, 0.6) is 0 Å². The van der Waals surface area contributed by atoms with E-state index in [-0.39, 0.29) is 36.9 Å². The first kappa shape index (κ1) is 18.9. The van der Waals surface area contributed by atoms with Gasteiger partial charge < -0.3 is 20.5 Å². The first-order valence-electron chi connectivity index (χ1n) is 6.26. The van der Waals surface area contributed by atoms with E-state index in [1.165, 1.54) is 0 Å². The van der Waals surface area contributed by atoms with Crippen molar-refractivity contribution in [2.75, 3.05) is 26.1 Å². The highest BCUT2D eigenvalue weighted by Gasteiger charge is 2.12. The summed E-state index contributed by atoms with van der Waals surface area (Å²) in [5.41, 5.74) is 7.25. The molecule has 3 N–H and O–H groups in total. The highest BCUT2D eigenvalue weighted by atomic mass is 35.5. The maximum absolute atomic E-state index is 11.8. The molecule has 1 amide bonds. The van der Waals surface area contributed by atoms with Crippen LogP contribution in [0.25, 0.3) is 0 Å². The van der Waals surface area contributed by atoms with E-state index in [0.717, 1.165) is 11.3 Å². The number of hydrogen-bond acceptors (Lipinski definition) is 4. The lowest BCUT2D eigenvalue weighted by Crippen LogP contribution is -2.28. The van der Waals surface area contributed by atoms with Crippen LogP contribution in [0.4, 0.5) is 5.69 Å². The number of hydrogen-bond donors (Lipinski definition) is 2. The molecule has 114 valence electrons. The lowest BCUT2D eigenvalue weighted by Gasteiger charge is -2.14. The van der Waals surface area contributed by atoms with Crippen molar-refractivity contribution in [2.24, 2.45) is 5.73 Å². The maximum atomic E-state index is 11.8. The van der Waals surface area contributed by atoms with Gasteiger partial charge in [-0.15, -0.1) is 12.4 Å². The molecule has 0 saturated heterocycles. The van der Waals surface area contributed by atoms with E-state index in [1.54, 1.807) is 14.2 Å². The molecular formula is C14H23ClN2O3. The molecule has 0 aliphatic rings. The average Bonchev–Trinajstić information content (AvgIpc) is 2.44. The quantitative estimate of drug-likeness (QED) is 0.809. The normalized spacial score (nSPS) is 13.2. The standard InChI is InChI=1S/C14H22N2O3.ClH/c1-10(18-2)11-5-4-6-12(7-11)16-14(17)8-13(9-15)19-3;/h4-7,10,13H,8-9,15H2,1-3H3,(H,16,17);1H. The Balaban J connectivity index is 0.00000361. The second-order valence-electron chi connectivity index (χ2n) is 4.35. The van der Waals surface area contributed by atoms with E-state index in [2.05, 4.69) is 5.32 Å². The van der Waals surface area contributed by atoms with Crippen molar-refractivity contribution in [3.8, 4) is 0 Å². The Labute approximate surface area is 126 Å². The average molecular weight is 303 g/mol. The number of amides is 1. The lowest BCUT2D eigenvalue weighted by atomic mass is 10.1. The number of rotatable bonds is 7. The first-order valence-corrected chi connectivity index (χ1v) is 6.26. The molecule has 0 spiro atoms. The van der Waals surface area contributed by atoms with Crippen molar-refractivity contribution in [3.05, 3.63) is 29.8 Å². The zero-order valence-electron chi connectivity index (χ0n) is 12.1. The molecule has 0 aliphatic heterocycles. The predicted molar refractivity (Wildman–Crippen MR) is 82.2 cm³/mol. The number of nitrogens with two attached hydrogens (primary N) is 1. The number of ether oxygens (including phenoxy) is 2. The highest BCUT2D eigenvalue weighted by Crippen LogP contribution is 2.19. The molecule has 0 fully saturated rings. The molecule has 0 bridgehead atoms. The van der Waals surface area contributed by atoms with E-state index < -0.39 is 0 Å². The highest BCUT2D eigenvalue weighted by molar-refractivity contribution is 5.91. The molecule has 1 rings (SSSR count). The van der Waals surface area contributed by atoms with Crippen LogP contribution in [0, 0.1) is 0 Å². The molecule has 6 heteroatoms. The van der Waals surface area contributed by atoms with E-state index in [1.807, 2.05) is 31.2 Å². The van der Waals surface area contributed by atoms with E-state index >= 15 is 0 Å². The summed E-state index contributed by atoms with van der Waals surface area (Å²) in [6, 6.07) is 7.59. The van der Waals surface area contributed by atoms with Gasteiger partial charge in [0.15, 0.2) is 0 Å². The molecule has 0 heterocycles. The molecule has 0 saturated carbocycles. The molecule has 1 aromatic rings. The van der Waals surface area contributed by atoms with Gasteiger partial charge in [0.05, 0.1) is 18.6 Å². The van der Waals surface area contributed by atoms with Crippen LogP contribution in [0.1, 0.15) is 25.0 Å². The van der Waals surface area contributed by atoms with Gasteiger partial charge in [0.25, 0.3) is 0 Å². The van der Waals surface area contributed by atoms with Crippen molar-refractivity contribution in [1.29, 1.82) is 0 Å². The Kier molecular flexibility index (Phi) is 9.16. The van der Waals surface area contributed by atoms with Crippen LogP contribution >= 0.6 is 12.4 Å². The Morgan fingerprint density at radius 2 is 2.05 bits per heavy atom. The van der Waals surface area contributed by atoms with Crippen molar-refractivity contribution >= 4 is 24.0 Å². The number of nitrogens with one attached hydrogen (secondary N) is 1. The summed E-state index contributed by atoms with van der Waals surface area (Å²) < 4.78 is 10.3. The summed E-state index contributed by atoms with van der Waals surface area (Å²) in [5, 5.41) is 2.83. The van der Waals surface area contributed by atoms with Crippen LogP contribution in [0.3, 0.4) is 0 Å². The second-order valence-corrected chi connectivity index (χ2v) is 4.35. The van der Waals surface area contributed by atoms with E-state index in [4.69, 9.17) is 15.2 Å². The summed E-state index contributed by atoms with van der Waals surface area (Å²) in [6.45, 7) is 2.28. The first-order chi connectivity index (χ1) is 9.10. The monoisotopic (exact) mass is 302 g/mol. The van der Waals surface area contributed by atoms with Crippen molar-refractivity contribution in [1.82, 2.24) is 0 Å². The van der Waals surface area contributed by atoms with Gasteiger partial charge in [-0.05, 0) is 24.6 Å². The van der Waals surface area contributed by atoms with Crippen LogP contribution in [-0.4, -0.2) is 32.8 Å². The van der Waals surface area contributed by atoms with Crippen molar-refractivity contribution < 1.29 is 14.3 Å². The number of benzene rings is 1. The topological polar surface area (TPSA) is 73.6 Å². The predicted octanol–water partition coefficient (Wildman–Crippen LogP) is 2.12. The summed E-state index contributed by atoms with van der Waals surface area (Å²) >= 11 is 0. The van der Waals surface area contributed by atoms with Gasteiger partial charge in [-0.1, -0.05) is 12.1 Å². The zero-order valence-corrected chi connectivity index (χ0v) is 12.9. The van der Waals surface area contributed by atoms with E-state index in [0.29, 0.717) is 6.54 Å². The SMILES string of the molecule is COC(CN)CC(=O)Nc1cccc(C(C)OC)c1.Cl. The molecule has 0 aliphatic carbocycles. The number of anilines is 1. The molecule has 0 radical (unpaired) electrons. The van der Waals surface area contributed by atoms with Gasteiger partial charge in [-0.2, -0.15) is 0 Å². The molecule has 2 atom stereocenters. The largest absolute Gasteiger partial charge is 0.380 e. The number of carbonyl (C=O) groups is 1. The summed E-state index contributed by atoms with van der Waals surface area (Å²) in [7, 11) is 3.20. The smallest absolute Gasteiger partial charge is 0.227 e. The number of methoxy groups -OCH3 is 2. The van der Waals surface area contributed by atoms with Gasteiger partial charge in [-0.25, -0.2) is 0 Å². The van der Waals surface area contributed by atoms with Gasteiger partial charge in [-0.3, -0.25) is 4.79 Å².